The second-order valence-corrected chi connectivity index (χ2v) is 4.43. The van der Waals surface area contributed by atoms with E-state index in [0.717, 1.165) is 0 Å². The van der Waals surface area contributed by atoms with Gasteiger partial charge in [-0.05, 0) is 31.2 Å². The number of furan rings is 1. The molecule has 1 aromatic heterocycles. The number of benzene rings is 1. The average molecular weight is 290 g/mol. The van der Waals surface area contributed by atoms with Gasteiger partial charge in [-0.1, -0.05) is 6.07 Å². The van der Waals surface area contributed by atoms with Gasteiger partial charge in [-0.15, -0.1) is 0 Å². The van der Waals surface area contributed by atoms with Crippen LogP contribution in [0.1, 0.15) is 23.0 Å². The molecule has 21 heavy (non-hydrogen) atoms. The predicted molar refractivity (Wildman–Crippen MR) is 75.4 cm³/mol. The minimum Gasteiger partial charge on any atom is -0.467 e. The van der Waals surface area contributed by atoms with Crippen molar-refractivity contribution in [3.8, 4) is 0 Å². The van der Waals surface area contributed by atoms with Crippen molar-refractivity contribution in [1.82, 2.24) is 5.32 Å². The number of carbonyl (C=O) groups is 2. The van der Waals surface area contributed by atoms with E-state index >= 15 is 0 Å². The third kappa shape index (κ3) is 3.92. The quantitative estimate of drug-likeness (QED) is 0.801. The number of rotatable bonds is 6. The molecule has 6 heteroatoms. The van der Waals surface area contributed by atoms with E-state index in [4.69, 9.17) is 4.42 Å². The molecule has 0 saturated carbocycles. The lowest BCUT2D eigenvalue weighted by Crippen LogP contribution is -2.29. The molecule has 2 N–H and O–H groups in total. The van der Waals surface area contributed by atoms with Crippen LogP contribution >= 0.6 is 0 Å². The summed E-state index contributed by atoms with van der Waals surface area (Å²) < 4.78 is 18.7. The van der Waals surface area contributed by atoms with Crippen molar-refractivity contribution in [2.24, 2.45) is 0 Å². The molecule has 0 bridgehead atoms. The summed E-state index contributed by atoms with van der Waals surface area (Å²) in [5, 5.41) is 5.41. The van der Waals surface area contributed by atoms with E-state index in [9.17, 15) is 14.0 Å². The Kier molecular flexibility index (Phi) is 4.71. The summed E-state index contributed by atoms with van der Waals surface area (Å²) in [7, 11) is 0. The summed E-state index contributed by atoms with van der Waals surface area (Å²) in [6, 6.07) is 7.71. The highest BCUT2D eigenvalue weighted by Crippen LogP contribution is 2.19. The topological polar surface area (TPSA) is 71.3 Å². The Balaban J connectivity index is 1.92. The highest BCUT2D eigenvalue weighted by molar-refractivity contribution is 6.00. The summed E-state index contributed by atoms with van der Waals surface area (Å²) in [4.78, 5) is 23.1. The smallest absolute Gasteiger partial charge is 0.239 e. The van der Waals surface area contributed by atoms with Crippen molar-refractivity contribution in [2.75, 3.05) is 11.9 Å². The molecule has 1 amide bonds. The summed E-state index contributed by atoms with van der Waals surface area (Å²) in [6.07, 6.45) is 1.52. The molecule has 2 rings (SSSR count). The second kappa shape index (κ2) is 6.69. The fourth-order valence-electron chi connectivity index (χ4n) is 1.87. The number of anilines is 1. The standard InChI is InChI=1S/C15H15FN2O3/c1-10(19)15-12(16)5-2-6-13(15)17-9-14(20)18-8-11-4-3-7-21-11/h2-7,17H,8-9H2,1H3,(H,18,20). The van der Waals surface area contributed by atoms with Crippen LogP contribution in [0, 0.1) is 5.82 Å². The van der Waals surface area contributed by atoms with Gasteiger partial charge in [0.05, 0.1) is 24.9 Å². The van der Waals surface area contributed by atoms with Gasteiger partial charge < -0.3 is 15.1 Å². The largest absolute Gasteiger partial charge is 0.467 e. The summed E-state index contributed by atoms with van der Waals surface area (Å²) in [5.41, 5.74) is 0.256. The van der Waals surface area contributed by atoms with Crippen molar-refractivity contribution >= 4 is 17.4 Å². The lowest BCUT2D eigenvalue weighted by atomic mass is 10.1. The van der Waals surface area contributed by atoms with Gasteiger partial charge in [-0.3, -0.25) is 9.59 Å². The van der Waals surface area contributed by atoms with E-state index in [2.05, 4.69) is 10.6 Å². The molecule has 1 aromatic carbocycles. The van der Waals surface area contributed by atoms with Crippen LogP contribution in [0.4, 0.5) is 10.1 Å². The molecular weight excluding hydrogens is 275 g/mol. The van der Waals surface area contributed by atoms with Gasteiger partial charge in [0.25, 0.3) is 0 Å². The molecule has 0 aliphatic carbocycles. The molecule has 0 spiro atoms. The van der Waals surface area contributed by atoms with Gasteiger partial charge in [-0.2, -0.15) is 0 Å². The van der Waals surface area contributed by atoms with E-state index in [-0.39, 0.29) is 24.6 Å². The van der Waals surface area contributed by atoms with Crippen molar-refractivity contribution in [1.29, 1.82) is 0 Å². The number of hydrogen-bond donors (Lipinski definition) is 2. The van der Waals surface area contributed by atoms with Gasteiger partial charge in [0, 0.05) is 5.69 Å². The number of halogens is 1. The number of carbonyl (C=O) groups excluding carboxylic acids is 2. The van der Waals surface area contributed by atoms with Crippen molar-refractivity contribution in [2.45, 2.75) is 13.5 Å². The zero-order valence-corrected chi connectivity index (χ0v) is 11.5. The van der Waals surface area contributed by atoms with Crippen LogP contribution < -0.4 is 10.6 Å². The Labute approximate surface area is 121 Å². The predicted octanol–water partition coefficient (Wildman–Crippen LogP) is 2.35. The fourth-order valence-corrected chi connectivity index (χ4v) is 1.87. The highest BCUT2D eigenvalue weighted by Gasteiger charge is 2.13. The first-order valence-electron chi connectivity index (χ1n) is 6.40. The SMILES string of the molecule is CC(=O)c1c(F)cccc1NCC(=O)NCc1ccco1. The maximum absolute atomic E-state index is 13.6. The Bertz CT molecular complexity index is 638. The van der Waals surface area contributed by atoms with Gasteiger partial charge in [0.2, 0.25) is 5.91 Å². The molecule has 110 valence electrons. The van der Waals surface area contributed by atoms with Crippen LogP contribution in [0.2, 0.25) is 0 Å². The molecule has 0 aliphatic heterocycles. The van der Waals surface area contributed by atoms with Crippen LogP contribution in [0.15, 0.2) is 41.0 Å². The fraction of sp³-hybridized carbons (Fsp3) is 0.200. The molecule has 0 aliphatic rings. The molecule has 0 saturated heterocycles. The Morgan fingerprint density at radius 1 is 1.24 bits per heavy atom. The Morgan fingerprint density at radius 3 is 2.71 bits per heavy atom. The number of hydrogen-bond acceptors (Lipinski definition) is 4. The first kappa shape index (κ1) is 14.8. The number of nitrogens with one attached hydrogen (secondary N) is 2. The number of amides is 1. The van der Waals surface area contributed by atoms with Gasteiger partial charge >= 0.3 is 0 Å². The van der Waals surface area contributed by atoms with Crippen LogP contribution in [0.25, 0.3) is 0 Å². The van der Waals surface area contributed by atoms with Crippen molar-refractivity contribution in [3.05, 3.63) is 53.7 Å². The number of ketones is 1. The van der Waals surface area contributed by atoms with Crippen LogP contribution in [0.5, 0.6) is 0 Å². The maximum atomic E-state index is 13.6. The first-order valence-corrected chi connectivity index (χ1v) is 6.40. The van der Waals surface area contributed by atoms with Crippen molar-refractivity contribution < 1.29 is 18.4 Å². The second-order valence-electron chi connectivity index (χ2n) is 4.43. The normalized spacial score (nSPS) is 10.2. The van der Waals surface area contributed by atoms with E-state index in [1.165, 1.54) is 25.3 Å². The highest BCUT2D eigenvalue weighted by atomic mass is 19.1. The molecule has 0 radical (unpaired) electrons. The van der Waals surface area contributed by atoms with E-state index in [1.54, 1.807) is 18.2 Å². The third-order valence-corrected chi connectivity index (χ3v) is 2.84. The van der Waals surface area contributed by atoms with Gasteiger partial charge in [0.15, 0.2) is 5.78 Å². The lowest BCUT2D eigenvalue weighted by molar-refractivity contribution is -0.119. The molecule has 0 atom stereocenters. The van der Waals surface area contributed by atoms with E-state index < -0.39 is 11.6 Å². The Hall–Kier alpha value is -2.63. The third-order valence-electron chi connectivity index (χ3n) is 2.84. The minimum atomic E-state index is -0.608. The zero-order chi connectivity index (χ0) is 15.2. The van der Waals surface area contributed by atoms with Gasteiger partial charge in [-0.25, -0.2) is 4.39 Å². The molecule has 0 unspecified atom stereocenters. The summed E-state index contributed by atoms with van der Waals surface area (Å²) in [5.74, 6) is -0.654. The molecule has 2 aromatic rings. The molecule has 0 fully saturated rings. The van der Waals surface area contributed by atoms with Crippen molar-refractivity contribution in [3.63, 3.8) is 0 Å². The first-order chi connectivity index (χ1) is 10.1. The molecule has 1 heterocycles. The molecular formula is C15H15FN2O3. The zero-order valence-electron chi connectivity index (χ0n) is 11.5. The Morgan fingerprint density at radius 2 is 2.05 bits per heavy atom. The number of Topliss-reactive ketones (excluding diaryl/α,β-unsaturated/α-hetero) is 1. The monoisotopic (exact) mass is 290 g/mol. The summed E-state index contributed by atoms with van der Waals surface area (Å²) in [6.45, 7) is 1.49. The van der Waals surface area contributed by atoms with Crippen LogP contribution in [-0.2, 0) is 11.3 Å². The minimum absolute atomic E-state index is 0.0451. The molecule has 5 nitrogen and oxygen atoms in total. The van der Waals surface area contributed by atoms with Crippen LogP contribution in [-0.4, -0.2) is 18.2 Å². The van der Waals surface area contributed by atoms with Crippen LogP contribution in [0.3, 0.4) is 0 Å². The van der Waals surface area contributed by atoms with E-state index in [0.29, 0.717) is 11.4 Å². The summed E-state index contributed by atoms with van der Waals surface area (Å²) >= 11 is 0. The van der Waals surface area contributed by atoms with E-state index in [1.807, 2.05) is 0 Å². The maximum Gasteiger partial charge on any atom is 0.239 e. The van der Waals surface area contributed by atoms with Gasteiger partial charge in [0.1, 0.15) is 11.6 Å². The average Bonchev–Trinajstić information content (AvgIpc) is 2.95. The lowest BCUT2D eigenvalue weighted by Gasteiger charge is -2.10.